The summed E-state index contributed by atoms with van der Waals surface area (Å²) in [5.41, 5.74) is 2.29. The highest BCUT2D eigenvalue weighted by atomic mass is 32.2. The molecule has 1 aliphatic carbocycles. The number of halogens is 4. The Labute approximate surface area is 237 Å². The van der Waals surface area contributed by atoms with Crippen LogP contribution in [-0.2, 0) is 27.4 Å². The maximum absolute atomic E-state index is 13.6. The van der Waals surface area contributed by atoms with Crippen molar-refractivity contribution in [1.29, 1.82) is 0 Å². The highest BCUT2D eigenvalue weighted by Crippen LogP contribution is 2.33. The smallest absolute Gasteiger partial charge is 0.385 e. The van der Waals surface area contributed by atoms with E-state index >= 15 is 0 Å². The molecule has 1 amide bonds. The fourth-order valence-corrected chi connectivity index (χ4v) is 6.12. The number of anilines is 1. The summed E-state index contributed by atoms with van der Waals surface area (Å²) >= 11 is 0. The molecule has 220 valence electrons. The Bertz CT molecular complexity index is 1480. The molecule has 0 fully saturated rings. The molecule has 0 unspecified atom stereocenters. The van der Waals surface area contributed by atoms with E-state index in [1.54, 1.807) is 0 Å². The third-order valence-electron chi connectivity index (χ3n) is 6.94. The van der Waals surface area contributed by atoms with Crippen LogP contribution in [0.1, 0.15) is 67.4 Å². The van der Waals surface area contributed by atoms with E-state index in [1.165, 1.54) is 12.1 Å². The van der Waals surface area contributed by atoms with Crippen LogP contribution < -0.4 is 15.4 Å². The minimum Gasteiger partial charge on any atom is -0.385 e. The van der Waals surface area contributed by atoms with E-state index in [0.717, 1.165) is 66.5 Å². The maximum Gasteiger partial charge on any atom is 0.416 e. The molecule has 0 radical (unpaired) electrons. The van der Waals surface area contributed by atoms with Crippen molar-refractivity contribution in [1.82, 2.24) is 10.0 Å². The van der Waals surface area contributed by atoms with E-state index in [-0.39, 0.29) is 12.5 Å². The number of nitrogens with one attached hydrogen (secondary N) is 3. The van der Waals surface area contributed by atoms with Crippen LogP contribution in [0.4, 0.5) is 23.2 Å². The van der Waals surface area contributed by atoms with Crippen molar-refractivity contribution < 1.29 is 30.8 Å². The van der Waals surface area contributed by atoms with E-state index in [4.69, 9.17) is 0 Å². The van der Waals surface area contributed by atoms with Gasteiger partial charge in [-0.3, -0.25) is 4.79 Å². The molecular formula is C30H33F4N3O3S. The number of aryl methyl sites for hydroxylation is 1. The van der Waals surface area contributed by atoms with Crippen molar-refractivity contribution in [2.24, 2.45) is 5.92 Å². The second kappa shape index (κ2) is 12.6. The molecule has 3 aromatic carbocycles. The van der Waals surface area contributed by atoms with Gasteiger partial charge in [-0.05, 0) is 84.3 Å². The van der Waals surface area contributed by atoms with E-state index < -0.39 is 44.4 Å². The van der Waals surface area contributed by atoms with Gasteiger partial charge in [-0.1, -0.05) is 38.1 Å². The first-order valence-electron chi connectivity index (χ1n) is 13.4. The molecule has 4 rings (SSSR count). The molecular weight excluding hydrogens is 558 g/mol. The number of fused-ring (bicyclic) bond motifs is 1. The molecule has 11 heteroatoms. The molecule has 0 saturated heterocycles. The number of sulfonamides is 1. The fourth-order valence-electron chi connectivity index (χ4n) is 4.85. The summed E-state index contributed by atoms with van der Waals surface area (Å²) in [6, 6.07) is 12.9. The van der Waals surface area contributed by atoms with Gasteiger partial charge in [0.25, 0.3) is 0 Å². The van der Waals surface area contributed by atoms with E-state index in [9.17, 15) is 30.8 Å². The van der Waals surface area contributed by atoms with Gasteiger partial charge in [0.2, 0.25) is 15.9 Å². The van der Waals surface area contributed by atoms with Crippen LogP contribution in [0, 0.1) is 11.7 Å². The van der Waals surface area contributed by atoms with Crippen molar-refractivity contribution in [3.63, 3.8) is 0 Å². The number of carbonyl (C=O) groups excluding carboxylic acids is 1. The molecule has 2 atom stereocenters. The Morgan fingerprint density at radius 2 is 1.76 bits per heavy atom. The monoisotopic (exact) mass is 591 g/mol. The maximum atomic E-state index is 13.6. The zero-order chi connectivity index (χ0) is 29.8. The minimum absolute atomic E-state index is 0.278. The molecule has 0 heterocycles. The first-order chi connectivity index (χ1) is 19.3. The number of rotatable bonds is 10. The summed E-state index contributed by atoms with van der Waals surface area (Å²) in [4.78, 5) is 12.6. The molecule has 0 spiro atoms. The number of carbonyl (C=O) groups is 1. The van der Waals surface area contributed by atoms with Gasteiger partial charge in [-0.25, -0.2) is 17.5 Å². The summed E-state index contributed by atoms with van der Waals surface area (Å²) in [5.74, 6) is -0.525. The predicted octanol–water partition coefficient (Wildman–Crippen LogP) is 6.52. The Hall–Kier alpha value is -3.44. The van der Waals surface area contributed by atoms with Gasteiger partial charge < -0.3 is 10.6 Å². The molecule has 6 nitrogen and oxygen atoms in total. The van der Waals surface area contributed by atoms with Crippen molar-refractivity contribution in [3.8, 4) is 0 Å². The zero-order valence-corrected chi connectivity index (χ0v) is 23.6. The SMILES string of the molecule is CC(C)CNc1ccc2c(c1)CCC[C@H]2NC(=O)C[C@@H](NS(=O)(=O)c1cccc(C(F)(F)F)c1)c1ccc(F)cc1. The summed E-state index contributed by atoms with van der Waals surface area (Å²) in [7, 11) is -4.48. The highest BCUT2D eigenvalue weighted by molar-refractivity contribution is 7.89. The van der Waals surface area contributed by atoms with Crippen LogP contribution in [0.5, 0.6) is 0 Å². The van der Waals surface area contributed by atoms with Crippen molar-refractivity contribution >= 4 is 21.6 Å². The van der Waals surface area contributed by atoms with Gasteiger partial charge in [0.05, 0.1) is 22.5 Å². The first-order valence-corrected chi connectivity index (χ1v) is 14.9. The van der Waals surface area contributed by atoms with Crippen molar-refractivity contribution in [3.05, 3.63) is 94.8 Å². The van der Waals surface area contributed by atoms with Crippen molar-refractivity contribution in [2.75, 3.05) is 11.9 Å². The average Bonchev–Trinajstić information content (AvgIpc) is 2.91. The fraction of sp³-hybridized carbons (Fsp3) is 0.367. The van der Waals surface area contributed by atoms with Gasteiger partial charge in [0.15, 0.2) is 0 Å². The van der Waals surface area contributed by atoms with Gasteiger partial charge in [0.1, 0.15) is 5.82 Å². The molecule has 0 aliphatic heterocycles. The molecule has 0 bridgehead atoms. The summed E-state index contributed by atoms with van der Waals surface area (Å²) in [5, 5.41) is 6.40. The van der Waals surface area contributed by atoms with Gasteiger partial charge in [-0.15, -0.1) is 0 Å². The lowest BCUT2D eigenvalue weighted by molar-refractivity contribution is -0.137. The summed E-state index contributed by atoms with van der Waals surface area (Å²) < 4.78 is 81.9. The van der Waals surface area contributed by atoms with Gasteiger partial charge in [0, 0.05) is 18.7 Å². The number of benzene rings is 3. The first kappa shape index (κ1) is 30.5. The summed E-state index contributed by atoms with van der Waals surface area (Å²) in [6.07, 6.45) is -2.65. The van der Waals surface area contributed by atoms with Gasteiger partial charge >= 0.3 is 6.18 Å². The Morgan fingerprint density at radius 1 is 1.02 bits per heavy atom. The molecule has 41 heavy (non-hydrogen) atoms. The molecule has 0 saturated carbocycles. The second-order valence-electron chi connectivity index (χ2n) is 10.7. The molecule has 3 aromatic rings. The number of amides is 1. The largest absolute Gasteiger partial charge is 0.416 e. The third kappa shape index (κ3) is 8.07. The van der Waals surface area contributed by atoms with Gasteiger partial charge in [-0.2, -0.15) is 13.2 Å². The topological polar surface area (TPSA) is 87.3 Å². The van der Waals surface area contributed by atoms with Crippen LogP contribution in [-0.4, -0.2) is 20.9 Å². The Balaban J connectivity index is 1.53. The third-order valence-corrected chi connectivity index (χ3v) is 8.41. The lowest BCUT2D eigenvalue weighted by Crippen LogP contribution is -2.36. The van der Waals surface area contributed by atoms with Crippen LogP contribution in [0.2, 0.25) is 0 Å². The van der Waals surface area contributed by atoms with Crippen LogP contribution >= 0.6 is 0 Å². The number of hydrogen-bond acceptors (Lipinski definition) is 4. The quantitative estimate of drug-likeness (QED) is 0.235. The molecule has 0 aromatic heterocycles. The lowest BCUT2D eigenvalue weighted by Gasteiger charge is -2.28. The normalized spacial score (nSPS) is 16.2. The number of alkyl halides is 3. The second-order valence-corrected chi connectivity index (χ2v) is 12.4. The van der Waals surface area contributed by atoms with Crippen LogP contribution in [0.3, 0.4) is 0 Å². The molecule has 3 N–H and O–H groups in total. The van der Waals surface area contributed by atoms with E-state index in [1.807, 2.05) is 12.1 Å². The van der Waals surface area contributed by atoms with Crippen molar-refractivity contribution in [2.45, 2.75) is 62.7 Å². The standard InChI is InChI=1S/C30H33F4N3O3S/c1-19(2)18-35-24-13-14-26-21(15-24)5-3-8-27(26)36-29(38)17-28(20-9-11-23(31)12-10-20)37-41(39,40)25-7-4-6-22(16-25)30(32,33)34/h4,6-7,9-16,19,27-28,35,37H,3,5,8,17-18H2,1-2H3,(H,36,38)/t27-,28-/m1/s1. The van der Waals surface area contributed by atoms with Crippen LogP contribution in [0.25, 0.3) is 0 Å². The Morgan fingerprint density at radius 3 is 2.44 bits per heavy atom. The Kier molecular flexibility index (Phi) is 9.38. The number of hydrogen-bond donors (Lipinski definition) is 3. The predicted molar refractivity (Wildman–Crippen MR) is 149 cm³/mol. The van der Waals surface area contributed by atoms with E-state index in [2.05, 4.69) is 35.3 Å². The molecule has 1 aliphatic rings. The van der Waals surface area contributed by atoms with Crippen LogP contribution in [0.15, 0.2) is 71.6 Å². The zero-order valence-electron chi connectivity index (χ0n) is 22.8. The minimum atomic E-state index is -4.73. The average molecular weight is 592 g/mol. The lowest BCUT2D eigenvalue weighted by atomic mass is 9.87. The summed E-state index contributed by atoms with van der Waals surface area (Å²) in [6.45, 7) is 5.08. The van der Waals surface area contributed by atoms with E-state index in [0.29, 0.717) is 24.0 Å². The highest BCUT2D eigenvalue weighted by Gasteiger charge is 2.33.